The lowest BCUT2D eigenvalue weighted by Crippen LogP contribution is -2.06. The van der Waals surface area contributed by atoms with Crippen molar-refractivity contribution < 1.29 is 17.2 Å². The fourth-order valence-electron chi connectivity index (χ4n) is 0.893. The van der Waals surface area contributed by atoms with E-state index in [1.54, 1.807) is 22.6 Å². The maximum Gasteiger partial charge on any atom is 0.280 e. The van der Waals surface area contributed by atoms with Gasteiger partial charge in [-0.1, -0.05) is 0 Å². The van der Waals surface area contributed by atoms with E-state index in [9.17, 15) is 17.2 Å². The van der Waals surface area contributed by atoms with E-state index in [1.165, 1.54) is 0 Å². The van der Waals surface area contributed by atoms with E-state index in [0.717, 1.165) is 6.07 Å². The minimum atomic E-state index is -4.07. The number of pyridine rings is 1. The van der Waals surface area contributed by atoms with Gasteiger partial charge in [0, 0.05) is 14.3 Å². The molecule has 0 aromatic carbocycles. The van der Waals surface area contributed by atoms with Gasteiger partial charge in [-0.15, -0.1) is 0 Å². The van der Waals surface area contributed by atoms with Gasteiger partial charge in [0.1, 0.15) is 16.4 Å². The Morgan fingerprint density at radius 3 is 2.40 bits per heavy atom. The van der Waals surface area contributed by atoms with Crippen LogP contribution in [0.15, 0.2) is 11.0 Å². The molecule has 2 N–H and O–H groups in total. The molecule has 0 unspecified atom stereocenters. The minimum Gasteiger partial charge on any atom is -0.383 e. The van der Waals surface area contributed by atoms with Crippen LogP contribution in [0, 0.1) is 3.57 Å². The Labute approximate surface area is 102 Å². The molecule has 1 rings (SSSR count). The Morgan fingerprint density at radius 1 is 1.53 bits per heavy atom. The highest BCUT2D eigenvalue weighted by Gasteiger charge is 2.22. The quantitative estimate of drug-likeness (QED) is 0.641. The zero-order valence-electron chi connectivity index (χ0n) is 6.92. The molecular weight excluding hydrogens is 364 g/mol. The van der Waals surface area contributed by atoms with E-state index < -0.39 is 31.9 Å². The molecule has 1 aromatic heterocycles. The molecule has 0 aliphatic rings. The third-order valence-electron chi connectivity index (χ3n) is 1.44. The van der Waals surface area contributed by atoms with Crippen molar-refractivity contribution in [1.29, 1.82) is 0 Å². The molecule has 9 heteroatoms. The third-order valence-corrected chi connectivity index (χ3v) is 4.04. The van der Waals surface area contributed by atoms with E-state index in [-0.39, 0.29) is 3.57 Å². The largest absolute Gasteiger partial charge is 0.383 e. The molecule has 4 nitrogen and oxygen atoms in total. The number of nitrogens with zero attached hydrogens (tertiary/aromatic N) is 1. The van der Waals surface area contributed by atoms with Gasteiger partial charge in [-0.05, 0) is 28.7 Å². The van der Waals surface area contributed by atoms with Gasteiger partial charge in [-0.25, -0.2) is 22.2 Å². The molecule has 0 amide bonds. The van der Waals surface area contributed by atoms with Gasteiger partial charge in [-0.2, -0.15) is 0 Å². The van der Waals surface area contributed by atoms with Gasteiger partial charge in [0.25, 0.3) is 15.5 Å². The van der Waals surface area contributed by atoms with Gasteiger partial charge in [0.2, 0.25) is 0 Å². The standard InChI is InChI=1S/C6H4ClF2IN2O2S/c7-15(13,14)4-2(10)1-3(5(8)9)12-6(4)11/h1,5H,(H2,11,12). The topological polar surface area (TPSA) is 73.0 Å². The lowest BCUT2D eigenvalue weighted by atomic mass is 10.3. The summed E-state index contributed by atoms with van der Waals surface area (Å²) >= 11 is 1.55. The molecule has 0 aliphatic carbocycles. The summed E-state index contributed by atoms with van der Waals surface area (Å²) in [7, 11) is 0.987. The van der Waals surface area contributed by atoms with Gasteiger partial charge in [0.15, 0.2) is 0 Å². The Kier molecular flexibility index (Phi) is 3.71. The molecule has 1 aromatic rings. The summed E-state index contributed by atoms with van der Waals surface area (Å²) in [4.78, 5) is 2.82. The van der Waals surface area contributed by atoms with Crippen molar-refractivity contribution in [2.75, 3.05) is 5.73 Å². The molecule has 84 valence electrons. The first-order chi connectivity index (χ1) is 6.73. The van der Waals surface area contributed by atoms with Crippen LogP contribution in [0.2, 0.25) is 0 Å². The second kappa shape index (κ2) is 4.34. The molecule has 1 heterocycles. The number of alkyl halides is 2. The summed E-state index contributed by atoms with van der Waals surface area (Å²) in [5, 5.41) is 0. The number of nitrogens with two attached hydrogens (primary N) is 1. The van der Waals surface area contributed by atoms with Crippen LogP contribution in [-0.2, 0) is 9.05 Å². The van der Waals surface area contributed by atoms with Crippen LogP contribution in [0.3, 0.4) is 0 Å². The minimum absolute atomic E-state index is 0.0189. The first-order valence-corrected chi connectivity index (χ1v) is 6.81. The highest BCUT2D eigenvalue weighted by molar-refractivity contribution is 14.1. The first kappa shape index (κ1) is 12.8. The number of hydrogen-bond acceptors (Lipinski definition) is 4. The van der Waals surface area contributed by atoms with Gasteiger partial charge in [-0.3, -0.25) is 0 Å². The van der Waals surface area contributed by atoms with Crippen LogP contribution in [0.25, 0.3) is 0 Å². The summed E-state index contributed by atoms with van der Waals surface area (Å²) in [6.45, 7) is 0. The average molecular weight is 369 g/mol. The molecule has 0 spiro atoms. The Bertz CT molecular complexity index is 471. The van der Waals surface area contributed by atoms with Crippen LogP contribution >= 0.6 is 33.3 Å². The molecule has 15 heavy (non-hydrogen) atoms. The SMILES string of the molecule is Nc1nc(C(F)F)cc(I)c1S(=O)(=O)Cl. The fourth-order valence-corrected chi connectivity index (χ4v) is 3.82. The fraction of sp³-hybridized carbons (Fsp3) is 0.167. The zero-order chi connectivity index (χ0) is 11.8. The van der Waals surface area contributed by atoms with Crippen LogP contribution in [0.1, 0.15) is 12.1 Å². The van der Waals surface area contributed by atoms with Crippen LogP contribution < -0.4 is 5.73 Å². The van der Waals surface area contributed by atoms with Gasteiger partial charge < -0.3 is 5.73 Å². The molecule has 0 bridgehead atoms. The Morgan fingerprint density at radius 2 is 2.07 bits per heavy atom. The maximum absolute atomic E-state index is 12.3. The van der Waals surface area contributed by atoms with E-state index in [0.29, 0.717) is 0 Å². The monoisotopic (exact) mass is 368 g/mol. The van der Waals surface area contributed by atoms with Gasteiger partial charge in [0.05, 0.1) is 0 Å². The molecular formula is C6H4ClF2IN2O2S. The van der Waals surface area contributed by atoms with Crippen molar-refractivity contribution in [2.24, 2.45) is 0 Å². The second-order valence-corrected chi connectivity index (χ2v) is 6.15. The molecule has 0 fully saturated rings. The molecule has 0 atom stereocenters. The van der Waals surface area contributed by atoms with Crippen LogP contribution in [-0.4, -0.2) is 13.4 Å². The van der Waals surface area contributed by atoms with Crippen LogP contribution in [0.4, 0.5) is 14.6 Å². The number of halogens is 4. The molecule has 0 saturated heterocycles. The van der Waals surface area contributed by atoms with E-state index >= 15 is 0 Å². The number of aromatic nitrogens is 1. The van der Waals surface area contributed by atoms with Crippen molar-refractivity contribution >= 4 is 48.1 Å². The Balaban J connectivity index is 3.48. The van der Waals surface area contributed by atoms with E-state index in [2.05, 4.69) is 4.98 Å². The first-order valence-electron chi connectivity index (χ1n) is 3.42. The molecule has 0 aliphatic heterocycles. The van der Waals surface area contributed by atoms with Crippen molar-refractivity contribution in [3.8, 4) is 0 Å². The summed E-state index contributed by atoms with van der Waals surface area (Å²) in [6.07, 6.45) is -2.81. The van der Waals surface area contributed by atoms with Crippen molar-refractivity contribution in [2.45, 2.75) is 11.3 Å². The van der Waals surface area contributed by atoms with E-state index in [4.69, 9.17) is 16.4 Å². The van der Waals surface area contributed by atoms with Gasteiger partial charge >= 0.3 is 0 Å². The summed E-state index contributed by atoms with van der Waals surface area (Å²) in [5.41, 5.74) is 4.65. The molecule has 0 radical (unpaired) electrons. The normalized spacial score (nSPS) is 12.1. The number of hydrogen-bond donors (Lipinski definition) is 1. The number of rotatable bonds is 2. The summed E-state index contributed by atoms with van der Waals surface area (Å²) < 4.78 is 46.5. The predicted molar refractivity (Wildman–Crippen MR) is 59.4 cm³/mol. The maximum atomic E-state index is 12.3. The second-order valence-electron chi connectivity index (χ2n) is 2.48. The average Bonchev–Trinajstić information content (AvgIpc) is 1.99. The highest BCUT2D eigenvalue weighted by Crippen LogP contribution is 2.29. The number of anilines is 1. The van der Waals surface area contributed by atoms with Crippen molar-refractivity contribution in [3.63, 3.8) is 0 Å². The lowest BCUT2D eigenvalue weighted by Gasteiger charge is -2.06. The van der Waals surface area contributed by atoms with Crippen molar-refractivity contribution in [1.82, 2.24) is 4.98 Å². The smallest absolute Gasteiger partial charge is 0.280 e. The third kappa shape index (κ3) is 2.88. The lowest BCUT2D eigenvalue weighted by molar-refractivity contribution is 0.146. The summed E-state index contributed by atoms with van der Waals surface area (Å²) in [6, 6.07) is 0.927. The van der Waals surface area contributed by atoms with Crippen LogP contribution in [0.5, 0.6) is 0 Å². The van der Waals surface area contributed by atoms with E-state index in [1.807, 2.05) is 0 Å². The predicted octanol–water partition coefficient (Wildman–Crippen LogP) is 2.13. The molecule has 0 saturated carbocycles. The number of nitrogen functional groups attached to an aromatic ring is 1. The highest BCUT2D eigenvalue weighted by atomic mass is 127. The zero-order valence-corrected chi connectivity index (χ0v) is 10.6. The van der Waals surface area contributed by atoms with Crippen molar-refractivity contribution in [3.05, 3.63) is 15.3 Å². The summed E-state index contributed by atoms with van der Waals surface area (Å²) in [5.74, 6) is -0.521. The Hall–Kier alpha value is -0.220.